The first kappa shape index (κ1) is 21.7. The second-order valence-corrected chi connectivity index (χ2v) is 6.95. The molecule has 13 nitrogen and oxygen atoms in total. The van der Waals surface area contributed by atoms with Crippen molar-refractivity contribution in [3.63, 3.8) is 0 Å². The molecule has 0 aliphatic carbocycles. The van der Waals surface area contributed by atoms with Gasteiger partial charge in [-0.25, -0.2) is 0 Å². The number of aryl methyl sites for hydroxylation is 3. The van der Waals surface area contributed by atoms with Crippen LogP contribution in [0.5, 0.6) is 0 Å². The molecule has 0 bridgehead atoms. The van der Waals surface area contributed by atoms with Crippen LogP contribution in [0.3, 0.4) is 0 Å². The lowest BCUT2D eigenvalue weighted by atomic mass is 10.2. The van der Waals surface area contributed by atoms with E-state index in [1.165, 1.54) is 34.9 Å². The van der Waals surface area contributed by atoms with Crippen LogP contribution in [0.1, 0.15) is 41.8 Å². The SMILES string of the molecule is CCn1ncc(NC(=O)C(C)n2cc([N+](=O)[O-])c(C)n2)c1C(=O)Nc1cnn(C)c1C. The maximum Gasteiger partial charge on any atom is 0.309 e. The van der Waals surface area contributed by atoms with Gasteiger partial charge in [-0.05, 0) is 27.7 Å². The molecule has 0 spiro atoms. The Morgan fingerprint density at radius 3 is 2.42 bits per heavy atom. The molecule has 164 valence electrons. The summed E-state index contributed by atoms with van der Waals surface area (Å²) in [5.74, 6) is -0.955. The third kappa shape index (κ3) is 4.15. The van der Waals surface area contributed by atoms with Crippen molar-refractivity contribution in [3.8, 4) is 0 Å². The number of hydrogen-bond acceptors (Lipinski definition) is 7. The highest BCUT2D eigenvalue weighted by Gasteiger charge is 2.25. The Labute approximate surface area is 177 Å². The molecule has 31 heavy (non-hydrogen) atoms. The molecular weight excluding hydrogens is 406 g/mol. The molecule has 13 heteroatoms. The summed E-state index contributed by atoms with van der Waals surface area (Å²) in [5.41, 5.74) is 1.73. The lowest BCUT2D eigenvalue weighted by Crippen LogP contribution is -2.26. The van der Waals surface area contributed by atoms with Crippen LogP contribution in [-0.4, -0.2) is 46.1 Å². The molecule has 0 fully saturated rings. The fourth-order valence-corrected chi connectivity index (χ4v) is 2.97. The summed E-state index contributed by atoms with van der Waals surface area (Å²) in [5, 5.41) is 28.8. The Morgan fingerprint density at radius 1 is 1.19 bits per heavy atom. The van der Waals surface area contributed by atoms with Gasteiger partial charge in [-0.1, -0.05) is 0 Å². The van der Waals surface area contributed by atoms with E-state index in [1.54, 1.807) is 18.7 Å². The zero-order valence-electron chi connectivity index (χ0n) is 17.8. The number of anilines is 2. The Balaban J connectivity index is 1.83. The molecule has 1 unspecified atom stereocenters. The topological polar surface area (TPSA) is 155 Å². The Morgan fingerprint density at radius 2 is 1.87 bits per heavy atom. The van der Waals surface area contributed by atoms with E-state index in [4.69, 9.17) is 0 Å². The number of nitro groups is 1. The fourth-order valence-electron chi connectivity index (χ4n) is 2.97. The zero-order chi connectivity index (χ0) is 22.9. The van der Waals surface area contributed by atoms with Crippen molar-refractivity contribution >= 4 is 28.9 Å². The predicted molar refractivity (Wildman–Crippen MR) is 111 cm³/mol. The van der Waals surface area contributed by atoms with Gasteiger partial charge in [-0.3, -0.25) is 33.7 Å². The molecule has 0 saturated heterocycles. The van der Waals surface area contributed by atoms with Crippen LogP contribution >= 0.6 is 0 Å². The monoisotopic (exact) mass is 429 g/mol. The summed E-state index contributed by atoms with van der Waals surface area (Å²) in [6.45, 7) is 7.08. The zero-order valence-corrected chi connectivity index (χ0v) is 17.8. The van der Waals surface area contributed by atoms with E-state index >= 15 is 0 Å². The van der Waals surface area contributed by atoms with E-state index in [2.05, 4.69) is 25.9 Å². The molecule has 2 N–H and O–H groups in total. The summed E-state index contributed by atoms with van der Waals surface area (Å²) in [7, 11) is 1.76. The van der Waals surface area contributed by atoms with Crippen molar-refractivity contribution in [1.29, 1.82) is 0 Å². The normalized spacial score (nSPS) is 11.9. The summed E-state index contributed by atoms with van der Waals surface area (Å²) in [6.07, 6.45) is 4.12. The molecular formula is C18H23N9O4. The number of nitrogens with zero attached hydrogens (tertiary/aromatic N) is 7. The van der Waals surface area contributed by atoms with Gasteiger partial charge in [0.1, 0.15) is 23.6 Å². The summed E-state index contributed by atoms with van der Waals surface area (Å²) in [6, 6.07) is -0.853. The Kier molecular flexibility index (Phi) is 5.86. The number of carbonyl (C=O) groups is 2. The van der Waals surface area contributed by atoms with E-state index < -0.39 is 22.8 Å². The molecule has 0 radical (unpaired) electrons. The minimum Gasteiger partial charge on any atom is -0.321 e. The largest absolute Gasteiger partial charge is 0.321 e. The molecule has 3 heterocycles. The van der Waals surface area contributed by atoms with Crippen LogP contribution < -0.4 is 10.6 Å². The number of amides is 2. The molecule has 1 atom stereocenters. The van der Waals surface area contributed by atoms with Crippen molar-refractivity contribution in [2.75, 3.05) is 10.6 Å². The fraction of sp³-hybridized carbons (Fsp3) is 0.389. The lowest BCUT2D eigenvalue weighted by molar-refractivity contribution is -0.385. The van der Waals surface area contributed by atoms with Crippen LogP contribution in [0.15, 0.2) is 18.6 Å². The smallest absolute Gasteiger partial charge is 0.309 e. The second kappa shape index (κ2) is 8.38. The minimum absolute atomic E-state index is 0.175. The predicted octanol–water partition coefficient (Wildman–Crippen LogP) is 1.81. The molecule has 0 saturated carbocycles. The maximum atomic E-state index is 12.9. The number of rotatable bonds is 7. The molecule has 0 aromatic carbocycles. The number of nitrogens with one attached hydrogen (secondary N) is 2. The van der Waals surface area contributed by atoms with Crippen LogP contribution in [0.25, 0.3) is 0 Å². The Hall–Kier alpha value is -4.03. The van der Waals surface area contributed by atoms with E-state index in [-0.39, 0.29) is 22.8 Å². The van der Waals surface area contributed by atoms with E-state index in [0.717, 1.165) is 5.69 Å². The molecule has 2 amide bonds. The van der Waals surface area contributed by atoms with Crippen LogP contribution in [-0.2, 0) is 18.4 Å². The van der Waals surface area contributed by atoms with Crippen molar-refractivity contribution in [1.82, 2.24) is 29.3 Å². The van der Waals surface area contributed by atoms with E-state index in [0.29, 0.717) is 12.2 Å². The minimum atomic E-state index is -0.853. The first-order valence-electron chi connectivity index (χ1n) is 9.50. The highest BCUT2D eigenvalue weighted by atomic mass is 16.6. The van der Waals surface area contributed by atoms with Gasteiger partial charge in [-0.15, -0.1) is 0 Å². The van der Waals surface area contributed by atoms with Gasteiger partial charge in [0, 0.05) is 13.6 Å². The van der Waals surface area contributed by atoms with Gasteiger partial charge < -0.3 is 10.6 Å². The van der Waals surface area contributed by atoms with Crippen LogP contribution in [0, 0.1) is 24.0 Å². The average Bonchev–Trinajstić information content (AvgIpc) is 3.40. The summed E-state index contributed by atoms with van der Waals surface area (Å²) in [4.78, 5) is 36.2. The van der Waals surface area contributed by atoms with Gasteiger partial charge in [0.2, 0.25) is 5.91 Å². The highest BCUT2D eigenvalue weighted by molar-refractivity contribution is 6.09. The maximum absolute atomic E-state index is 12.9. The molecule has 3 rings (SSSR count). The molecule has 0 aliphatic rings. The number of aromatic nitrogens is 6. The van der Waals surface area contributed by atoms with Crippen molar-refractivity contribution in [3.05, 3.63) is 45.8 Å². The third-order valence-electron chi connectivity index (χ3n) is 4.96. The average molecular weight is 429 g/mol. The van der Waals surface area contributed by atoms with Gasteiger partial charge >= 0.3 is 5.69 Å². The lowest BCUT2D eigenvalue weighted by Gasteiger charge is -2.13. The van der Waals surface area contributed by atoms with Crippen molar-refractivity contribution < 1.29 is 14.5 Å². The third-order valence-corrected chi connectivity index (χ3v) is 4.96. The Bertz CT molecular complexity index is 1160. The van der Waals surface area contributed by atoms with Crippen LogP contribution in [0.2, 0.25) is 0 Å². The van der Waals surface area contributed by atoms with Gasteiger partial charge in [0.15, 0.2) is 0 Å². The van der Waals surface area contributed by atoms with E-state index in [9.17, 15) is 19.7 Å². The highest BCUT2D eigenvalue weighted by Crippen LogP contribution is 2.22. The summed E-state index contributed by atoms with van der Waals surface area (Å²) < 4.78 is 4.30. The standard InChI is InChI=1S/C18H23N9O4/c1-6-25-16(18(29)21-13-7-19-24(5)11(13)3)14(8-20-25)22-17(28)12(4)26-9-15(27(30)31)10(2)23-26/h7-9,12H,6H2,1-5H3,(H,21,29)(H,22,28). The van der Waals surface area contributed by atoms with Gasteiger partial charge in [0.05, 0.1) is 34.4 Å². The van der Waals surface area contributed by atoms with Gasteiger partial charge in [0.25, 0.3) is 5.91 Å². The van der Waals surface area contributed by atoms with Crippen LogP contribution in [0.4, 0.5) is 17.1 Å². The first-order chi connectivity index (χ1) is 14.6. The second-order valence-electron chi connectivity index (χ2n) is 6.95. The molecule has 3 aromatic heterocycles. The van der Waals surface area contributed by atoms with Gasteiger partial charge in [-0.2, -0.15) is 15.3 Å². The summed E-state index contributed by atoms with van der Waals surface area (Å²) >= 11 is 0. The molecule has 0 aliphatic heterocycles. The number of carbonyl (C=O) groups excluding carboxylic acids is 2. The van der Waals surface area contributed by atoms with Crippen molar-refractivity contribution in [2.45, 2.75) is 40.3 Å². The first-order valence-corrected chi connectivity index (χ1v) is 9.50. The number of hydrogen-bond donors (Lipinski definition) is 2. The molecule has 3 aromatic rings. The quantitative estimate of drug-likeness (QED) is 0.428. The van der Waals surface area contributed by atoms with Crippen molar-refractivity contribution in [2.24, 2.45) is 7.05 Å². The van der Waals surface area contributed by atoms with E-state index in [1.807, 2.05) is 13.8 Å².